The number of hydrogen-bond donors (Lipinski definition) is 0. The zero-order chi connectivity index (χ0) is 18.0. The van der Waals surface area contributed by atoms with Crippen molar-refractivity contribution in [3.05, 3.63) is 23.5 Å². The molecule has 0 spiro atoms. The van der Waals surface area contributed by atoms with E-state index in [4.69, 9.17) is 0 Å². The molecule has 0 aliphatic carbocycles. The lowest BCUT2D eigenvalue weighted by molar-refractivity contribution is -0.137. The fourth-order valence-electron chi connectivity index (χ4n) is 3.83. The number of piperidine rings is 2. The molecule has 25 heavy (non-hydrogen) atoms. The Balaban J connectivity index is 1.59. The second-order valence-electron chi connectivity index (χ2n) is 7.23. The van der Waals surface area contributed by atoms with Gasteiger partial charge >= 0.3 is 0 Å². The van der Waals surface area contributed by atoms with Crippen LogP contribution in [-0.4, -0.2) is 58.1 Å². The minimum Gasteiger partial charge on any atom is -0.346 e. The van der Waals surface area contributed by atoms with E-state index in [-0.39, 0.29) is 23.5 Å². The van der Waals surface area contributed by atoms with E-state index in [0.717, 1.165) is 38.8 Å². The molecule has 136 valence electrons. The van der Waals surface area contributed by atoms with Crippen LogP contribution in [0.1, 0.15) is 59.9 Å². The quantitative estimate of drug-likeness (QED) is 0.788. The maximum atomic E-state index is 12.7. The minimum atomic E-state index is -0.0566. The maximum Gasteiger partial charge on any atom is 0.270 e. The standard InChI is InChI=1S/C19H27N3O3/c1-14(23)16-12-17(20(2)13-16)19(25)22-10-6-15(7-11-22)18(24)21-8-4-3-5-9-21/h12-13,15H,3-11H2,1-2H3. The highest BCUT2D eigenvalue weighted by molar-refractivity contribution is 5.99. The Kier molecular flexibility index (Phi) is 5.25. The summed E-state index contributed by atoms with van der Waals surface area (Å²) in [5.74, 6) is 0.215. The summed E-state index contributed by atoms with van der Waals surface area (Å²) in [4.78, 5) is 40.7. The van der Waals surface area contributed by atoms with Crippen molar-refractivity contribution in [2.24, 2.45) is 13.0 Å². The molecule has 2 aliphatic heterocycles. The molecule has 2 amide bonds. The molecule has 6 nitrogen and oxygen atoms in total. The van der Waals surface area contributed by atoms with Crippen molar-refractivity contribution in [1.29, 1.82) is 0 Å². The van der Waals surface area contributed by atoms with Crippen LogP contribution in [0.15, 0.2) is 12.3 Å². The lowest BCUT2D eigenvalue weighted by Gasteiger charge is -2.35. The number of carbonyl (C=O) groups excluding carboxylic acids is 3. The van der Waals surface area contributed by atoms with Crippen LogP contribution >= 0.6 is 0 Å². The Morgan fingerprint density at radius 1 is 0.960 bits per heavy atom. The van der Waals surface area contributed by atoms with Gasteiger partial charge in [-0.05, 0) is 45.1 Å². The van der Waals surface area contributed by atoms with Crippen molar-refractivity contribution in [1.82, 2.24) is 14.4 Å². The highest BCUT2D eigenvalue weighted by atomic mass is 16.2. The molecule has 0 saturated carbocycles. The summed E-state index contributed by atoms with van der Waals surface area (Å²) < 4.78 is 1.71. The molecular formula is C19H27N3O3. The number of hydrogen-bond acceptors (Lipinski definition) is 3. The van der Waals surface area contributed by atoms with E-state index in [1.165, 1.54) is 13.3 Å². The van der Waals surface area contributed by atoms with Gasteiger partial charge in [0.15, 0.2) is 5.78 Å². The Bertz CT molecular complexity index is 665. The molecule has 1 aromatic heterocycles. The topological polar surface area (TPSA) is 62.6 Å². The van der Waals surface area contributed by atoms with Crippen molar-refractivity contribution in [3.63, 3.8) is 0 Å². The Hall–Kier alpha value is -2.11. The average Bonchev–Trinajstić information content (AvgIpc) is 3.03. The number of aromatic nitrogens is 1. The molecule has 2 fully saturated rings. The first kappa shape index (κ1) is 17.7. The smallest absolute Gasteiger partial charge is 0.270 e. The van der Waals surface area contributed by atoms with E-state index < -0.39 is 0 Å². The van der Waals surface area contributed by atoms with Crippen molar-refractivity contribution in [3.8, 4) is 0 Å². The number of ketones is 1. The van der Waals surface area contributed by atoms with E-state index in [9.17, 15) is 14.4 Å². The van der Waals surface area contributed by atoms with Crippen molar-refractivity contribution in [2.75, 3.05) is 26.2 Å². The molecule has 0 radical (unpaired) electrons. The highest BCUT2D eigenvalue weighted by Gasteiger charge is 2.31. The fourth-order valence-corrected chi connectivity index (χ4v) is 3.83. The SMILES string of the molecule is CC(=O)c1cc(C(=O)N2CCC(C(=O)N3CCCCC3)CC2)n(C)c1. The summed E-state index contributed by atoms with van der Waals surface area (Å²) in [6, 6.07) is 1.66. The maximum absolute atomic E-state index is 12.7. The van der Waals surface area contributed by atoms with E-state index in [1.807, 2.05) is 4.90 Å². The molecule has 2 aliphatic rings. The van der Waals surface area contributed by atoms with Gasteiger partial charge < -0.3 is 14.4 Å². The second kappa shape index (κ2) is 7.42. The molecule has 0 unspecified atom stereocenters. The van der Waals surface area contributed by atoms with Gasteiger partial charge in [-0.2, -0.15) is 0 Å². The minimum absolute atomic E-state index is 0.0412. The number of rotatable bonds is 3. The Morgan fingerprint density at radius 2 is 1.60 bits per heavy atom. The third-order valence-corrected chi connectivity index (χ3v) is 5.43. The normalized spacial score (nSPS) is 19.1. The molecule has 1 aromatic rings. The second-order valence-corrected chi connectivity index (χ2v) is 7.23. The van der Waals surface area contributed by atoms with Gasteiger partial charge in [-0.3, -0.25) is 14.4 Å². The van der Waals surface area contributed by atoms with Gasteiger partial charge in [0.05, 0.1) is 0 Å². The zero-order valence-electron chi connectivity index (χ0n) is 15.2. The predicted octanol–water partition coefficient (Wildman–Crippen LogP) is 2.09. The Labute approximate surface area is 148 Å². The summed E-state index contributed by atoms with van der Waals surface area (Å²) in [7, 11) is 1.78. The van der Waals surface area contributed by atoms with Crippen LogP contribution in [0.2, 0.25) is 0 Å². The fraction of sp³-hybridized carbons (Fsp3) is 0.632. The van der Waals surface area contributed by atoms with Gasteiger partial charge in [-0.25, -0.2) is 0 Å². The first-order valence-electron chi connectivity index (χ1n) is 9.22. The molecule has 0 atom stereocenters. The molecule has 0 aromatic carbocycles. The van der Waals surface area contributed by atoms with Gasteiger partial charge in [0, 0.05) is 50.9 Å². The number of aryl methyl sites for hydroxylation is 1. The number of amides is 2. The van der Waals surface area contributed by atoms with Gasteiger partial charge in [0.2, 0.25) is 5.91 Å². The van der Waals surface area contributed by atoms with Gasteiger partial charge in [0.25, 0.3) is 5.91 Å². The van der Waals surface area contributed by atoms with E-state index in [2.05, 4.69) is 0 Å². The van der Waals surface area contributed by atoms with Crippen LogP contribution in [-0.2, 0) is 11.8 Å². The summed E-state index contributed by atoms with van der Waals surface area (Å²) in [5, 5.41) is 0. The molecule has 6 heteroatoms. The van der Waals surface area contributed by atoms with E-state index >= 15 is 0 Å². The van der Waals surface area contributed by atoms with Crippen molar-refractivity contribution >= 4 is 17.6 Å². The van der Waals surface area contributed by atoms with E-state index in [1.54, 1.807) is 28.8 Å². The van der Waals surface area contributed by atoms with Crippen LogP contribution in [0.3, 0.4) is 0 Å². The molecule has 3 rings (SSSR count). The van der Waals surface area contributed by atoms with Crippen molar-refractivity contribution in [2.45, 2.75) is 39.0 Å². The number of carbonyl (C=O) groups is 3. The molecular weight excluding hydrogens is 318 g/mol. The molecule has 3 heterocycles. The third kappa shape index (κ3) is 3.78. The summed E-state index contributed by atoms with van der Waals surface area (Å²) in [6.07, 6.45) is 6.58. The number of likely N-dealkylation sites (tertiary alicyclic amines) is 2. The lowest BCUT2D eigenvalue weighted by Crippen LogP contribution is -2.46. The largest absolute Gasteiger partial charge is 0.346 e. The Morgan fingerprint density at radius 3 is 2.16 bits per heavy atom. The summed E-state index contributed by atoms with van der Waals surface area (Å²) >= 11 is 0. The van der Waals surface area contributed by atoms with E-state index in [0.29, 0.717) is 24.3 Å². The van der Waals surface area contributed by atoms with Gasteiger partial charge in [0.1, 0.15) is 5.69 Å². The molecule has 0 N–H and O–H groups in total. The third-order valence-electron chi connectivity index (χ3n) is 5.43. The van der Waals surface area contributed by atoms with Crippen LogP contribution in [0.5, 0.6) is 0 Å². The van der Waals surface area contributed by atoms with Crippen molar-refractivity contribution < 1.29 is 14.4 Å². The van der Waals surface area contributed by atoms with Crippen LogP contribution in [0.25, 0.3) is 0 Å². The van der Waals surface area contributed by atoms with Gasteiger partial charge in [-0.1, -0.05) is 0 Å². The first-order chi connectivity index (χ1) is 12.0. The molecule has 2 saturated heterocycles. The van der Waals surface area contributed by atoms with Crippen LogP contribution in [0.4, 0.5) is 0 Å². The lowest BCUT2D eigenvalue weighted by atomic mass is 9.94. The summed E-state index contributed by atoms with van der Waals surface area (Å²) in [5.41, 5.74) is 1.09. The van der Waals surface area contributed by atoms with Crippen LogP contribution < -0.4 is 0 Å². The van der Waals surface area contributed by atoms with Gasteiger partial charge in [-0.15, -0.1) is 0 Å². The summed E-state index contributed by atoms with van der Waals surface area (Å²) in [6.45, 7) is 4.47. The monoisotopic (exact) mass is 345 g/mol. The number of nitrogens with zero attached hydrogens (tertiary/aromatic N) is 3. The average molecular weight is 345 g/mol. The number of Topliss-reactive ketones (excluding diaryl/α,β-unsaturated/α-hetero) is 1. The first-order valence-corrected chi connectivity index (χ1v) is 9.22. The van der Waals surface area contributed by atoms with Crippen LogP contribution in [0, 0.1) is 5.92 Å². The predicted molar refractivity (Wildman–Crippen MR) is 94.5 cm³/mol. The zero-order valence-corrected chi connectivity index (χ0v) is 15.2. The highest BCUT2D eigenvalue weighted by Crippen LogP contribution is 2.23. The molecule has 0 bridgehead atoms.